The first kappa shape index (κ1) is 17.5. The Morgan fingerprint density at radius 3 is 3.11 bits per heavy atom. The molecular weight excluding hydrogens is 364 g/mol. The van der Waals surface area contributed by atoms with E-state index in [1.165, 1.54) is 0 Å². The fourth-order valence-corrected chi connectivity index (χ4v) is 3.80. The van der Waals surface area contributed by atoms with Crippen molar-refractivity contribution in [1.29, 1.82) is 0 Å². The van der Waals surface area contributed by atoms with E-state index in [0.717, 1.165) is 18.4 Å². The van der Waals surface area contributed by atoms with Crippen molar-refractivity contribution in [3.8, 4) is 17.2 Å². The van der Waals surface area contributed by atoms with Gasteiger partial charge in [-0.25, -0.2) is 4.79 Å². The predicted octanol–water partition coefficient (Wildman–Crippen LogP) is 4.22. The Balaban J connectivity index is 1.42. The van der Waals surface area contributed by atoms with E-state index in [0.29, 0.717) is 36.3 Å². The third-order valence-corrected chi connectivity index (χ3v) is 5.27. The maximum atomic E-state index is 12.6. The van der Waals surface area contributed by atoms with Gasteiger partial charge >= 0.3 is 6.03 Å². The van der Waals surface area contributed by atoms with Gasteiger partial charge in [0, 0.05) is 35.8 Å². The van der Waals surface area contributed by atoms with Crippen LogP contribution in [0.5, 0.6) is 5.75 Å². The lowest BCUT2D eigenvalue weighted by Gasteiger charge is -2.31. The fraction of sp³-hybridized carbons (Fsp3) is 0.316. The third-order valence-electron chi connectivity index (χ3n) is 4.59. The van der Waals surface area contributed by atoms with E-state index in [2.05, 4.69) is 15.5 Å². The van der Waals surface area contributed by atoms with E-state index in [4.69, 9.17) is 9.15 Å². The molecule has 1 saturated heterocycles. The Bertz CT molecular complexity index is 909. The smallest absolute Gasteiger partial charge is 0.321 e. The zero-order chi connectivity index (χ0) is 18.6. The van der Waals surface area contributed by atoms with Crippen molar-refractivity contribution >= 4 is 23.1 Å². The van der Waals surface area contributed by atoms with Crippen LogP contribution in [0, 0.1) is 0 Å². The number of urea groups is 1. The normalized spacial score (nSPS) is 16.9. The number of piperidine rings is 1. The molecule has 140 valence electrons. The molecule has 0 aliphatic carbocycles. The number of hydrogen-bond acceptors (Lipinski definition) is 6. The van der Waals surface area contributed by atoms with Gasteiger partial charge in [0.15, 0.2) is 0 Å². The number of rotatable bonds is 4. The highest BCUT2D eigenvalue weighted by Gasteiger charge is 2.28. The average molecular weight is 384 g/mol. The molecule has 1 N–H and O–H groups in total. The first-order chi connectivity index (χ1) is 13.2. The molecular formula is C19H20N4O3S. The molecule has 27 heavy (non-hydrogen) atoms. The molecule has 1 aliphatic rings. The molecule has 8 heteroatoms. The van der Waals surface area contributed by atoms with Crippen LogP contribution in [0.15, 0.2) is 45.5 Å². The number of anilines is 1. The van der Waals surface area contributed by atoms with Crippen molar-refractivity contribution in [2.75, 3.05) is 25.5 Å². The highest BCUT2D eigenvalue weighted by Crippen LogP contribution is 2.29. The van der Waals surface area contributed by atoms with Gasteiger partial charge in [-0.3, -0.25) is 0 Å². The number of amides is 2. The number of nitrogens with zero attached hydrogens (tertiary/aromatic N) is 3. The first-order valence-corrected chi connectivity index (χ1v) is 9.73. The number of hydrogen-bond donors (Lipinski definition) is 1. The quantitative estimate of drug-likeness (QED) is 0.728. The summed E-state index contributed by atoms with van der Waals surface area (Å²) in [4.78, 5) is 14.4. The van der Waals surface area contributed by atoms with Crippen molar-refractivity contribution < 1.29 is 13.9 Å². The molecule has 1 fully saturated rings. The highest BCUT2D eigenvalue weighted by atomic mass is 32.1. The second kappa shape index (κ2) is 7.79. The molecule has 7 nitrogen and oxygen atoms in total. The second-order valence-electron chi connectivity index (χ2n) is 6.40. The molecule has 1 unspecified atom stereocenters. The lowest BCUT2D eigenvalue weighted by molar-refractivity contribution is 0.187. The zero-order valence-electron chi connectivity index (χ0n) is 14.9. The van der Waals surface area contributed by atoms with Crippen LogP contribution in [0.1, 0.15) is 24.7 Å². The molecule has 2 aromatic heterocycles. The molecule has 0 spiro atoms. The number of carbonyl (C=O) groups is 1. The second-order valence-corrected chi connectivity index (χ2v) is 7.18. The van der Waals surface area contributed by atoms with Gasteiger partial charge in [-0.15, -0.1) is 10.2 Å². The summed E-state index contributed by atoms with van der Waals surface area (Å²) in [5, 5.41) is 15.2. The van der Waals surface area contributed by atoms with E-state index < -0.39 is 0 Å². The maximum absolute atomic E-state index is 12.6. The Labute approximate surface area is 161 Å². The molecule has 0 bridgehead atoms. The van der Waals surface area contributed by atoms with Gasteiger partial charge in [-0.05, 0) is 36.4 Å². The van der Waals surface area contributed by atoms with Gasteiger partial charge in [0.2, 0.25) is 11.8 Å². The minimum atomic E-state index is -0.134. The van der Waals surface area contributed by atoms with E-state index in [1.807, 2.05) is 35.0 Å². The molecule has 0 radical (unpaired) electrons. The summed E-state index contributed by atoms with van der Waals surface area (Å²) in [5.74, 6) is 1.88. The molecule has 1 atom stereocenters. The third kappa shape index (κ3) is 3.95. The number of carbonyl (C=O) groups excluding carboxylic acids is 1. The topological polar surface area (TPSA) is 80.5 Å². The monoisotopic (exact) mass is 384 g/mol. The number of ether oxygens (including phenoxy) is 1. The maximum Gasteiger partial charge on any atom is 0.321 e. The van der Waals surface area contributed by atoms with Crippen LogP contribution in [0.3, 0.4) is 0 Å². The minimum Gasteiger partial charge on any atom is -0.497 e. The number of nitrogens with one attached hydrogen (secondary N) is 1. The van der Waals surface area contributed by atoms with Crippen LogP contribution < -0.4 is 10.1 Å². The van der Waals surface area contributed by atoms with Gasteiger partial charge < -0.3 is 19.4 Å². The number of benzene rings is 1. The summed E-state index contributed by atoms with van der Waals surface area (Å²) >= 11 is 1.59. The Morgan fingerprint density at radius 1 is 1.37 bits per heavy atom. The van der Waals surface area contributed by atoms with E-state index >= 15 is 0 Å². The van der Waals surface area contributed by atoms with Crippen LogP contribution in [0.2, 0.25) is 0 Å². The number of likely N-dealkylation sites (tertiary alicyclic amines) is 1. The van der Waals surface area contributed by atoms with Crippen LogP contribution >= 0.6 is 11.3 Å². The molecule has 2 amide bonds. The van der Waals surface area contributed by atoms with Crippen molar-refractivity contribution in [2.45, 2.75) is 18.8 Å². The lowest BCUT2D eigenvalue weighted by atomic mass is 9.98. The highest BCUT2D eigenvalue weighted by molar-refractivity contribution is 7.08. The van der Waals surface area contributed by atoms with Gasteiger partial charge in [0.25, 0.3) is 0 Å². The summed E-state index contributed by atoms with van der Waals surface area (Å²) in [6.45, 7) is 1.26. The molecule has 1 aliphatic heterocycles. The molecule has 3 heterocycles. The Hall–Kier alpha value is -2.87. The number of aromatic nitrogens is 2. The summed E-state index contributed by atoms with van der Waals surface area (Å²) in [6, 6.07) is 9.14. The molecule has 0 saturated carbocycles. The van der Waals surface area contributed by atoms with Crippen LogP contribution in [-0.2, 0) is 0 Å². The van der Waals surface area contributed by atoms with Crippen LogP contribution in [0.4, 0.5) is 10.5 Å². The van der Waals surface area contributed by atoms with Gasteiger partial charge in [0.1, 0.15) is 5.75 Å². The Kier molecular flexibility index (Phi) is 5.06. The van der Waals surface area contributed by atoms with Gasteiger partial charge in [-0.2, -0.15) is 11.3 Å². The summed E-state index contributed by atoms with van der Waals surface area (Å²) in [5.41, 5.74) is 1.64. The Morgan fingerprint density at radius 2 is 2.30 bits per heavy atom. The van der Waals surface area contributed by atoms with Crippen LogP contribution in [-0.4, -0.2) is 41.3 Å². The minimum absolute atomic E-state index is 0.0506. The van der Waals surface area contributed by atoms with E-state index in [9.17, 15) is 4.79 Å². The molecule has 3 aromatic rings. The average Bonchev–Trinajstić information content (AvgIpc) is 3.40. The van der Waals surface area contributed by atoms with Gasteiger partial charge in [0.05, 0.1) is 13.0 Å². The number of thiophene rings is 1. The van der Waals surface area contributed by atoms with E-state index in [1.54, 1.807) is 29.4 Å². The molecule has 4 rings (SSSR count). The van der Waals surface area contributed by atoms with Crippen molar-refractivity contribution in [1.82, 2.24) is 15.1 Å². The van der Waals surface area contributed by atoms with Gasteiger partial charge in [-0.1, -0.05) is 6.07 Å². The van der Waals surface area contributed by atoms with E-state index in [-0.39, 0.29) is 11.9 Å². The number of methoxy groups -OCH3 is 1. The van der Waals surface area contributed by atoms with Crippen molar-refractivity contribution in [2.24, 2.45) is 0 Å². The van der Waals surface area contributed by atoms with Crippen molar-refractivity contribution in [3.05, 3.63) is 47.0 Å². The summed E-state index contributed by atoms with van der Waals surface area (Å²) in [6.07, 6.45) is 1.82. The fourth-order valence-electron chi connectivity index (χ4n) is 3.17. The zero-order valence-corrected chi connectivity index (χ0v) is 15.7. The largest absolute Gasteiger partial charge is 0.497 e. The summed E-state index contributed by atoms with van der Waals surface area (Å²) in [7, 11) is 1.60. The summed E-state index contributed by atoms with van der Waals surface area (Å²) < 4.78 is 11.1. The molecule has 1 aromatic carbocycles. The first-order valence-electron chi connectivity index (χ1n) is 8.79. The SMILES string of the molecule is COc1cccc(NC(=O)N2CCCC(c3nnc(-c4ccsc4)o3)C2)c1. The predicted molar refractivity (Wildman–Crippen MR) is 103 cm³/mol. The lowest BCUT2D eigenvalue weighted by Crippen LogP contribution is -2.41. The van der Waals surface area contributed by atoms with Crippen LogP contribution in [0.25, 0.3) is 11.5 Å². The standard InChI is InChI=1S/C19H20N4O3S/c1-25-16-6-2-5-15(10-16)20-19(24)23-8-3-4-13(11-23)17-21-22-18(26-17)14-7-9-27-12-14/h2,5-7,9-10,12-13H,3-4,8,11H2,1H3,(H,20,24). The van der Waals surface area contributed by atoms with Crippen molar-refractivity contribution in [3.63, 3.8) is 0 Å².